The summed E-state index contributed by atoms with van der Waals surface area (Å²) in [6, 6.07) is 0. The number of carboxylic acids is 1. The van der Waals surface area contributed by atoms with Crippen LogP contribution in [-0.2, 0) is 9.59 Å². The zero-order valence-corrected chi connectivity index (χ0v) is 13.0. The molecule has 0 aromatic heterocycles. The van der Waals surface area contributed by atoms with Crippen LogP contribution in [0.2, 0.25) is 0 Å². The number of aliphatic carboxylic acids is 1. The zero-order chi connectivity index (χ0) is 14.5. The van der Waals surface area contributed by atoms with Gasteiger partial charge in [0, 0.05) is 13.1 Å². The lowest BCUT2D eigenvalue weighted by molar-refractivity contribution is -0.153. The lowest BCUT2D eigenvalue weighted by Crippen LogP contribution is -2.48. The van der Waals surface area contributed by atoms with Crippen molar-refractivity contribution in [2.45, 2.75) is 40.0 Å². The molecule has 1 N–H and O–H groups in total. The lowest BCUT2D eigenvalue weighted by atomic mass is 9.82. The number of carboxylic acid groups (broad SMARTS) is 1. The molecule has 0 aliphatic carbocycles. The van der Waals surface area contributed by atoms with Gasteiger partial charge < -0.3 is 10.0 Å². The molecule has 1 amide bonds. The Balaban J connectivity index is 2.38. The minimum atomic E-state index is -0.794. The van der Waals surface area contributed by atoms with Crippen molar-refractivity contribution >= 4 is 23.6 Å². The van der Waals surface area contributed by atoms with E-state index in [0.717, 1.165) is 18.6 Å². The first kappa shape index (κ1) is 16.3. The van der Waals surface area contributed by atoms with Crippen molar-refractivity contribution in [3.8, 4) is 0 Å². The first-order chi connectivity index (χ1) is 8.85. The summed E-state index contributed by atoms with van der Waals surface area (Å²) in [5.41, 5.74) is -0.767. The SMILES string of the molecule is CC(C)CCSCC(=O)N1CCCC(C)(C(=O)O)C1. The summed E-state index contributed by atoms with van der Waals surface area (Å²) in [6.07, 6.45) is 2.56. The van der Waals surface area contributed by atoms with Crippen LogP contribution >= 0.6 is 11.8 Å². The van der Waals surface area contributed by atoms with Crippen molar-refractivity contribution in [1.82, 2.24) is 4.90 Å². The number of thioether (sulfide) groups is 1. The van der Waals surface area contributed by atoms with Gasteiger partial charge >= 0.3 is 5.97 Å². The van der Waals surface area contributed by atoms with Gasteiger partial charge in [0.2, 0.25) is 5.91 Å². The maximum absolute atomic E-state index is 12.1. The number of nitrogens with zero attached hydrogens (tertiary/aromatic N) is 1. The highest BCUT2D eigenvalue weighted by molar-refractivity contribution is 7.99. The Morgan fingerprint density at radius 3 is 2.68 bits per heavy atom. The second-order valence-electron chi connectivity index (χ2n) is 6.02. The van der Waals surface area contributed by atoms with Crippen LogP contribution in [-0.4, -0.2) is 46.5 Å². The van der Waals surface area contributed by atoms with Gasteiger partial charge in [-0.2, -0.15) is 11.8 Å². The summed E-state index contributed by atoms with van der Waals surface area (Å²) in [5.74, 6) is 1.42. The van der Waals surface area contributed by atoms with Crippen molar-refractivity contribution in [1.29, 1.82) is 0 Å². The topological polar surface area (TPSA) is 57.6 Å². The van der Waals surface area contributed by atoms with E-state index in [1.807, 2.05) is 0 Å². The van der Waals surface area contributed by atoms with Crippen molar-refractivity contribution in [2.24, 2.45) is 11.3 Å². The van der Waals surface area contributed by atoms with Gasteiger partial charge in [-0.3, -0.25) is 9.59 Å². The van der Waals surface area contributed by atoms with E-state index >= 15 is 0 Å². The summed E-state index contributed by atoms with van der Waals surface area (Å²) < 4.78 is 0. The predicted octanol–water partition coefficient (Wildman–Crippen LogP) is 2.48. The Hall–Kier alpha value is -0.710. The highest BCUT2D eigenvalue weighted by Crippen LogP contribution is 2.30. The van der Waals surface area contributed by atoms with E-state index in [9.17, 15) is 14.7 Å². The third kappa shape index (κ3) is 5.05. The lowest BCUT2D eigenvalue weighted by Gasteiger charge is -2.37. The minimum Gasteiger partial charge on any atom is -0.481 e. The standard InChI is InChI=1S/C14H25NO3S/c1-11(2)5-8-19-9-12(16)15-7-4-6-14(3,10-15)13(17)18/h11H,4-10H2,1-3H3,(H,17,18). The molecular formula is C14H25NO3S. The predicted molar refractivity (Wildman–Crippen MR) is 78.3 cm³/mol. The molecule has 1 fully saturated rings. The molecule has 4 nitrogen and oxygen atoms in total. The normalized spacial score (nSPS) is 23.7. The van der Waals surface area contributed by atoms with Gasteiger partial charge in [-0.25, -0.2) is 0 Å². The maximum atomic E-state index is 12.1. The highest BCUT2D eigenvalue weighted by Gasteiger charge is 2.39. The highest BCUT2D eigenvalue weighted by atomic mass is 32.2. The second-order valence-corrected chi connectivity index (χ2v) is 7.12. The molecule has 5 heteroatoms. The van der Waals surface area contributed by atoms with E-state index in [2.05, 4.69) is 13.8 Å². The number of amides is 1. The van der Waals surface area contributed by atoms with Crippen LogP contribution in [0.25, 0.3) is 0 Å². The molecule has 110 valence electrons. The van der Waals surface area contributed by atoms with E-state index in [-0.39, 0.29) is 5.91 Å². The van der Waals surface area contributed by atoms with Gasteiger partial charge in [0.15, 0.2) is 0 Å². The first-order valence-electron chi connectivity index (χ1n) is 6.94. The summed E-state index contributed by atoms with van der Waals surface area (Å²) in [6.45, 7) is 7.13. The van der Waals surface area contributed by atoms with E-state index < -0.39 is 11.4 Å². The molecule has 1 unspecified atom stereocenters. The smallest absolute Gasteiger partial charge is 0.311 e. The third-order valence-corrected chi connectivity index (χ3v) is 4.61. The fourth-order valence-electron chi connectivity index (χ4n) is 2.20. The van der Waals surface area contributed by atoms with E-state index in [4.69, 9.17) is 0 Å². The molecular weight excluding hydrogens is 262 g/mol. The van der Waals surface area contributed by atoms with Crippen molar-refractivity contribution < 1.29 is 14.7 Å². The Bertz CT molecular complexity index is 333. The quantitative estimate of drug-likeness (QED) is 0.763. The summed E-state index contributed by atoms with van der Waals surface area (Å²) in [4.78, 5) is 25.0. The maximum Gasteiger partial charge on any atom is 0.311 e. The summed E-state index contributed by atoms with van der Waals surface area (Å²) in [5, 5.41) is 9.23. The molecule has 1 aliphatic rings. The molecule has 1 heterocycles. The summed E-state index contributed by atoms with van der Waals surface area (Å²) >= 11 is 1.65. The van der Waals surface area contributed by atoms with Gasteiger partial charge in [-0.1, -0.05) is 13.8 Å². The molecule has 0 bridgehead atoms. The largest absolute Gasteiger partial charge is 0.481 e. The number of piperidine rings is 1. The average Bonchev–Trinajstić information content (AvgIpc) is 2.34. The van der Waals surface area contributed by atoms with Gasteiger partial charge in [0.05, 0.1) is 11.2 Å². The Morgan fingerprint density at radius 1 is 1.42 bits per heavy atom. The number of rotatable bonds is 6. The molecule has 0 spiro atoms. The fourth-order valence-corrected chi connectivity index (χ4v) is 3.34. The van der Waals surface area contributed by atoms with Crippen LogP contribution in [0.15, 0.2) is 0 Å². The van der Waals surface area contributed by atoms with Crippen LogP contribution in [0.4, 0.5) is 0 Å². The van der Waals surface area contributed by atoms with Gasteiger partial charge in [0.1, 0.15) is 0 Å². The molecule has 1 saturated heterocycles. The molecule has 0 saturated carbocycles. The number of hydrogen-bond donors (Lipinski definition) is 1. The van der Waals surface area contributed by atoms with E-state index in [1.54, 1.807) is 23.6 Å². The zero-order valence-electron chi connectivity index (χ0n) is 12.1. The van der Waals surface area contributed by atoms with Crippen LogP contribution in [0.3, 0.4) is 0 Å². The van der Waals surface area contributed by atoms with Crippen molar-refractivity contribution in [2.75, 3.05) is 24.6 Å². The van der Waals surface area contributed by atoms with Gasteiger partial charge in [0.25, 0.3) is 0 Å². The van der Waals surface area contributed by atoms with Gasteiger partial charge in [-0.15, -0.1) is 0 Å². The molecule has 0 radical (unpaired) electrons. The van der Waals surface area contributed by atoms with Crippen molar-refractivity contribution in [3.63, 3.8) is 0 Å². The Labute approximate surface area is 119 Å². The molecule has 0 aromatic carbocycles. The minimum absolute atomic E-state index is 0.0842. The number of hydrogen-bond acceptors (Lipinski definition) is 3. The fraction of sp³-hybridized carbons (Fsp3) is 0.857. The average molecular weight is 287 g/mol. The van der Waals surface area contributed by atoms with Crippen LogP contribution in [0.1, 0.15) is 40.0 Å². The Kier molecular flexibility index (Phi) is 6.17. The van der Waals surface area contributed by atoms with E-state index in [1.165, 1.54) is 0 Å². The molecule has 1 aliphatic heterocycles. The first-order valence-corrected chi connectivity index (χ1v) is 8.09. The molecule has 1 rings (SSSR count). The molecule has 19 heavy (non-hydrogen) atoms. The number of carbonyl (C=O) groups excluding carboxylic acids is 1. The monoisotopic (exact) mass is 287 g/mol. The van der Waals surface area contributed by atoms with Gasteiger partial charge in [-0.05, 0) is 37.9 Å². The van der Waals surface area contributed by atoms with Crippen molar-refractivity contribution in [3.05, 3.63) is 0 Å². The Morgan fingerprint density at radius 2 is 2.11 bits per heavy atom. The number of carbonyl (C=O) groups is 2. The summed E-state index contributed by atoms with van der Waals surface area (Å²) in [7, 11) is 0. The second kappa shape index (κ2) is 7.17. The van der Waals surface area contributed by atoms with Crippen LogP contribution < -0.4 is 0 Å². The third-order valence-electron chi connectivity index (χ3n) is 3.63. The van der Waals surface area contributed by atoms with Crippen LogP contribution in [0.5, 0.6) is 0 Å². The van der Waals surface area contributed by atoms with E-state index in [0.29, 0.717) is 31.2 Å². The van der Waals surface area contributed by atoms with Crippen LogP contribution in [0, 0.1) is 11.3 Å². The molecule has 0 aromatic rings. The number of likely N-dealkylation sites (tertiary alicyclic amines) is 1. The molecule has 1 atom stereocenters.